The predicted octanol–water partition coefficient (Wildman–Crippen LogP) is 1.08. The predicted molar refractivity (Wildman–Crippen MR) is 92.3 cm³/mol. The van der Waals surface area contributed by atoms with Gasteiger partial charge in [-0.15, -0.1) is 5.10 Å². The van der Waals surface area contributed by atoms with Crippen LogP contribution in [-0.4, -0.2) is 66.1 Å². The van der Waals surface area contributed by atoms with Crippen LogP contribution in [-0.2, 0) is 9.47 Å². The molecule has 9 nitrogen and oxygen atoms in total. The van der Waals surface area contributed by atoms with Crippen molar-refractivity contribution in [3.63, 3.8) is 0 Å². The lowest BCUT2D eigenvalue weighted by atomic mass is 10.2. The highest BCUT2D eigenvalue weighted by Crippen LogP contribution is 2.45. The summed E-state index contributed by atoms with van der Waals surface area (Å²) in [6, 6.07) is -0.917. The molecule has 1 aliphatic heterocycles. The van der Waals surface area contributed by atoms with E-state index in [1.165, 1.54) is 16.4 Å². The van der Waals surface area contributed by atoms with Crippen LogP contribution in [0.2, 0.25) is 0 Å². The van der Waals surface area contributed by atoms with Crippen LogP contribution in [0.25, 0.3) is 11.2 Å². The van der Waals surface area contributed by atoms with Crippen molar-refractivity contribution in [1.29, 1.82) is 0 Å². The van der Waals surface area contributed by atoms with Gasteiger partial charge in [0.1, 0.15) is 24.4 Å². The van der Waals surface area contributed by atoms with Gasteiger partial charge in [0.2, 0.25) is 0 Å². The fourth-order valence-corrected chi connectivity index (χ4v) is 4.17. The second kappa shape index (κ2) is 6.25. The van der Waals surface area contributed by atoms with Gasteiger partial charge >= 0.3 is 0 Å². The van der Waals surface area contributed by atoms with E-state index < -0.39 is 36.3 Å². The lowest BCUT2D eigenvalue weighted by Crippen LogP contribution is -2.34. The van der Waals surface area contributed by atoms with Gasteiger partial charge in [0.05, 0.1) is 0 Å². The molecule has 0 amide bonds. The lowest BCUT2D eigenvalue weighted by Gasteiger charge is -2.24. The van der Waals surface area contributed by atoms with E-state index in [4.69, 9.17) is 15.2 Å². The zero-order valence-corrected chi connectivity index (χ0v) is 15.5. The fourth-order valence-electron chi connectivity index (χ4n) is 3.47. The van der Waals surface area contributed by atoms with Crippen molar-refractivity contribution in [2.75, 3.05) is 11.5 Å². The Bertz CT molecular complexity index is 833. The van der Waals surface area contributed by atoms with Gasteiger partial charge in [-0.3, -0.25) is 0 Å². The van der Waals surface area contributed by atoms with Crippen molar-refractivity contribution in [3.8, 4) is 0 Å². The van der Waals surface area contributed by atoms with Gasteiger partial charge in [-0.2, -0.15) is 0 Å². The summed E-state index contributed by atoms with van der Waals surface area (Å²) in [5.74, 6) is 0.103. The summed E-state index contributed by atoms with van der Waals surface area (Å²) in [6.07, 6.45) is -3.48. The molecule has 4 rings (SSSR count). The molecular formula is C15H21FN6O3S. The van der Waals surface area contributed by atoms with E-state index in [9.17, 15) is 9.50 Å². The average Bonchev–Trinajstić information content (AvgIpc) is 3.19. The number of nitrogens with zero attached hydrogens (tertiary/aromatic N) is 5. The Morgan fingerprint density at radius 2 is 2.04 bits per heavy atom. The van der Waals surface area contributed by atoms with Crippen molar-refractivity contribution >= 4 is 28.7 Å². The van der Waals surface area contributed by atoms with Gasteiger partial charge in [-0.25, -0.2) is 19.0 Å². The number of halogens is 1. The van der Waals surface area contributed by atoms with E-state index in [2.05, 4.69) is 20.3 Å². The number of aliphatic hydroxyl groups is 1. The number of anilines is 1. The van der Waals surface area contributed by atoms with E-state index in [0.29, 0.717) is 16.3 Å². The van der Waals surface area contributed by atoms with Crippen molar-refractivity contribution in [2.24, 2.45) is 0 Å². The summed E-state index contributed by atoms with van der Waals surface area (Å²) in [5, 5.41) is 18.8. The van der Waals surface area contributed by atoms with Gasteiger partial charge in [0.15, 0.2) is 34.1 Å². The Hall–Kier alpha value is -1.56. The molecule has 0 aromatic carbocycles. The number of alkyl halides is 1. The van der Waals surface area contributed by atoms with Gasteiger partial charge < -0.3 is 20.3 Å². The van der Waals surface area contributed by atoms with Crippen LogP contribution in [0.15, 0.2) is 5.16 Å². The molecule has 2 fully saturated rings. The van der Waals surface area contributed by atoms with Crippen LogP contribution in [0.1, 0.15) is 33.2 Å². The second-order valence-electron chi connectivity index (χ2n) is 6.94. The molecule has 0 spiro atoms. The Kier molecular flexibility index (Phi) is 4.29. The molecule has 1 saturated carbocycles. The molecule has 2 aromatic rings. The van der Waals surface area contributed by atoms with E-state index in [-0.39, 0.29) is 5.82 Å². The molecule has 26 heavy (non-hydrogen) atoms. The Balaban J connectivity index is 1.77. The minimum atomic E-state index is -1.63. The number of nitrogens with two attached hydrogens (primary N) is 1. The van der Waals surface area contributed by atoms with Crippen LogP contribution < -0.4 is 5.73 Å². The number of hydrogen-bond acceptors (Lipinski definition) is 9. The van der Waals surface area contributed by atoms with Crippen molar-refractivity contribution in [1.82, 2.24) is 25.0 Å². The maximum atomic E-state index is 14.9. The molecule has 2 aliphatic rings. The van der Waals surface area contributed by atoms with Crippen molar-refractivity contribution in [2.45, 2.75) is 68.7 Å². The zero-order chi connectivity index (χ0) is 18.6. The highest BCUT2D eigenvalue weighted by molar-refractivity contribution is 7.99. The number of rotatable bonds is 4. The highest BCUT2D eigenvalue weighted by atomic mass is 32.2. The molecule has 1 saturated heterocycles. The topological polar surface area (TPSA) is 121 Å². The molecule has 5 atom stereocenters. The molecule has 2 aromatic heterocycles. The van der Waals surface area contributed by atoms with Crippen molar-refractivity contribution in [3.05, 3.63) is 0 Å². The van der Waals surface area contributed by atoms with Gasteiger partial charge in [0, 0.05) is 5.75 Å². The first-order valence-electron chi connectivity index (χ1n) is 8.51. The number of nitrogen functional groups attached to an aromatic ring is 1. The summed E-state index contributed by atoms with van der Waals surface area (Å²) >= 11 is 1.45. The quantitative estimate of drug-likeness (QED) is 0.589. The third kappa shape index (κ3) is 2.73. The minimum absolute atomic E-state index is 0.189. The SMILES string of the molecule is CCCSc1nc(N)c2nnn(C3C(F)C(O)C4OC(C)(C)OC43)c2n1. The molecule has 5 unspecified atom stereocenters. The maximum absolute atomic E-state index is 14.9. The smallest absolute Gasteiger partial charge is 0.191 e. The van der Waals surface area contributed by atoms with Gasteiger partial charge in [-0.1, -0.05) is 23.9 Å². The van der Waals surface area contributed by atoms with Gasteiger partial charge in [0.25, 0.3) is 0 Å². The Morgan fingerprint density at radius 3 is 2.77 bits per heavy atom. The summed E-state index contributed by atoms with van der Waals surface area (Å²) in [4.78, 5) is 8.67. The third-order valence-electron chi connectivity index (χ3n) is 4.54. The standard InChI is InChI=1S/C15H21FN6O3S/c1-4-5-26-14-18-12(17)7-13(19-14)22(21-20-7)8-6(16)9(23)11-10(8)24-15(2,3)25-11/h6,8-11,23H,4-5H2,1-3H3,(H2,17,18,19). The Labute approximate surface area is 153 Å². The summed E-state index contributed by atoms with van der Waals surface area (Å²) in [7, 11) is 0. The number of thioether (sulfide) groups is 1. The molecule has 3 heterocycles. The third-order valence-corrected chi connectivity index (χ3v) is 5.59. The number of aromatic nitrogens is 5. The number of aliphatic hydroxyl groups excluding tert-OH is 1. The van der Waals surface area contributed by atoms with Crippen molar-refractivity contribution < 1.29 is 19.0 Å². The molecule has 0 bridgehead atoms. The number of hydrogen-bond donors (Lipinski definition) is 2. The molecule has 142 valence electrons. The largest absolute Gasteiger partial charge is 0.387 e. The maximum Gasteiger partial charge on any atom is 0.191 e. The molecule has 11 heteroatoms. The molecular weight excluding hydrogens is 363 g/mol. The number of fused-ring (bicyclic) bond motifs is 2. The van der Waals surface area contributed by atoms with E-state index in [1.54, 1.807) is 13.8 Å². The molecule has 0 radical (unpaired) electrons. The van der Waals surface area contributed by atoms with E-state index in [1.807, 2.05) is 6.92 Å². The van der Waals surface area contributed by atoms with Crippen LogP contribution >= 0.6 is 11.8 Å². The van der Waals surface area contributed by atoms with Crippen LogP contribution in [0.4, 0.5) is 10.2 Å². The zero-order valence-electron chi connectivity index (χ0n) is 14.7. The normalized spacial score (nSPS) is 33.0. The van der Waals surface area contributed by atoms with E-state index in [0.717, 1.165) is 12.2 Å². The number of ether oxygens (including phenoxy) is 2. The molecule has 3 N–H and O–H groups in total. The van der Waals surface area contributed by atoms with E-state index >= 15 is 0 Å². The first kappa shape index (κ1) is 17.8. The molecule has 1 aliphatic carbocycles. The summed E-state index contributed by atoms with van der Waals surface area (Å²) < 4.78 is 27.7. The highest BCUT2D eigenvalue weighted by Gasteiger charge is 2.60. The monoisotopic (exact) mass is 384 g/mol. The fraction of sp³-hybridized carbons (Fsp3) is 0.733. The van der Waals surface area contributed by atoms with Crippen LogP contribution in [0.3, 0.4) is 0 Å². The summed E-state index contributed by atoms with van der Waals surface area (Å²) in [5.41, 5.74) is 6.60. The average molecular weight is 384 g/mol. The second-order valence-corrected chi connectivity index (χ2v) is 8.00. The Morgan fingerprint density at radius 1 is 1.31 bits per heavy atom. The van der Waals surface area contributed by atoms with Crippen LogP contribution in [0, 0.1) is 0 Å². The van der Waals surface area contributed by atoms with Crippen LogP contribution in [0.5, 0.6) is 0 Å². The summed E-state index contributed by atoms with van der Waals surface area (Å²) in [6.45, 7) is 5.50. The first-order valence-corrected chi connectivity index (χ1v) is 9.50. The lowest BCUT2D eigenvalue weighted by molar-refractivity contribution is -0.173. The first-order chi connectivity index (χ1) is 12.3. The van der Waals surface area contributed by atoms with Gasteiger partial charge in [-0.05, 0) is 20.3 Å². The minimum Gasteiger partial charge on any atom is -0.387 e.